The topological polar surface area (TPSA) is 55.4 Å². The molecule has 2 aliphatic heterocycles. The highest BCUT2D eigenvalue weighted by atomic mass is 32.2. The van der Waals surface area contributed by atoms with E-state index in [9.17, 15) is 0 Å². The third kappa shape index (κ3) is 7.25. The highest BCUT2D eigenvalue weighted by Crippen LogP contribution is 2.44. The van der Waals surface area contributed by atoms with Crippen molar-refractivity contribution >= 4 is 30.5 Å². The summed E-state index contributed by atoms with van der Waals surface area (Å²) in [5.41, 5.74) is 1.74. The molecule has 8 heteroatoms. The van der Waals surface area contributed by atoms with Crippen LogP contribution in [0.4, 0.5) is 0 Å². The van der Waals surface area contributed by atoms with Crippen LogP contribution in [0.1, 0.15) is 45.1 Å². The van der Waals surface area contributed by atoms with Crippen LogP contribution in [-0.4, -0.2) is 57.6 Å². The smallest absolute Gasteiger partial charge is 0.261 e. The minimum atomic E-state index is -3.01. The molecule has 0 unspecified atom stereocenters. The third-order valence-electron chi connectivity index (χ3n) is 9.02. The molecule has 0 amide bonds. The fourth-order valence-corrected chi connectivity index (χ4v) is 12.4. The van der Waals surface area contributed by atoms with Gasteiger partial charge in [0.15, 0.2) is 6.29 Å². The summed E-state index contributed by atoms with van der Waals surface area (Å²) >= 11 is 1.74. The first-order chi connectivity index (χ1) is 22.8. The van der Waals surface area contributed by atoms with Gasteiger partial charge in [-0.25, -0.2) is 0 Å². The number of hydrogen-bond donors (Lipinski definition) is 0. The molecule has 47 heavy (non-hydrogen) atoms. The van der Waals surface area contributed by atoms with Crippen LogP contribution in [-0.2, 0) is 30.0 Å². The Balaban J connectivity index is 1.46. The van der Waals surface area contributed by atoms with E-state index in [1.165, 1.54) is 10.4 Å². The number of hydrogen-bond acceptors (Lipinski definition) is 7. The lowest BCUT2D eigenvalue weighted by molar-refractivity contribution is -0.320. The van der Waals surface area contributed by atoms with E-state index in [1.807, 2.05) is 54.6 Å². The Morgan fingerprint density at radius 3 is 1.91 bits per heavy atom. The zero-order chi connectivity index (χ0) is 32.9. The maximum atomic E-state index is 7.90. The Morgan fingerprint density at radius 1 is 0.766 bits per heavy atom. The Hall–Kier alpha value is -2.95. The molecule has 4 aromatic carbocycles. The lowest BCUT2D eigenvalue weighted by Gasteiger charge is -2.53. The zero-order valence-corrected chi connectivity index (χ0v) is 29.7. The van der Waals surface area contributed by atoms with E-state index in [1.54, 1.807) is 18.9 Å². The van der Waals surface area contributed by atoms with Crippen molar-refractivity contribution in [3.63, 3.8) is 0 Å². The van der Waals surface area contributed by atoms with Gasteiger partial charge in [0.05, 0.1) is 20.3 Å². The summed E-state index contributed by atoms with van der Waals surface area (Å²) in [7, 11) is -1.33. The second-order valence-corrected chi connectivity index (χ2v) is 18.7. The first-order valence-electron chi connectivity index (χ1n) is 16.5. The van der Waals surface area contributed by atoms with Gasteiger partial charge in [-0.05, 0) is 38.9 Å². The molecule has 2 heterocycles. The monoisotopic (exact) mass is 670 g/mol. The van der Waals surface area contributed by atoms with Crippen LogP contribution in [0.15, 0.2) is 115 Å². The van der Waals surface area contributed by atoms with E-state index in [0.29, 0.717) is 13.2 Å². The Labute approximate surface area is 284 Å². The van der Waals surface area contributed by atoms with E-state index in [0.717, 1.165) is 22.6 Å². The summed E-state index contributed by atoms with van der Waals surface area (Å²) in [6, 6.07) is 39.6. The van der Waals surface area contributed by atoms with Gasteiger partial charge in [0.2, 0.25) is 0 Å². The summed E-state index contributed by atoms with van der Waals surface area (Å²) in [5, 5.41) is 2.19. The second kappa shape index (κ2) is 15.1. The molecule has 6 rings (SSSR count). The van der Waals surface area contributed by atoms with Gasteiger partial charge >= 0.3 is 0 Å². The van der Waals surface area contributed by atoms with Gasteiger partial charge in [-0.3, -0.25) is 0 Å². The van der Waals surface area contributed by atoms with Gasteiger partial charge in [0, 0.05) is 5.56 Å². The second-order valence-electron chi connectivity index (χ2n) is 13.0. The number of ether oxygens (including phenoxy) is 5. The molecule has 0 aliphatic carbocycles. The largest absolute Gasteiger partial charge is 0.497 e. The van der Waals surface area contributed by atoms with Crippen molar-refractivity contribution in [1.82, 2.24) is 0 Å². The predicted octanol–water partition coefficient (Wildman–Crippen LogP) is 7.12. The molecule has 2 aliphatic rings. The first-order valence-corrected chi connectivity index (χ1v) is 19.4. The quantitative estimate of drug-likeness (QED) is 0.158. The highest BCUT2D eigenvalue weighted by Gasteiger charge is 2.58. The minimum Gasteiger partial charge on any atom is -0.497 e. The summed E-state index contributed by atoms with van der Waals surface area (Å²) in [4.78, 5) is 0. The van der Waals surface area contributed by atoms with E-state index in [2.05, 4.69) is 88.4 Å². The molecule has 0 radical (unpaired) electrons. The van der Waals surface area contributed by atoms with Crippen LogP contribution >= 0.6 is 11.8 Å². The summed E-state index contributed by atoms with van der Waals surface area (Å²) in [6.07, 6.45) is -2.14. The van der Waals surface area contributed by atoms with Crippen molar-refractivity contribution in [2.45, 2.75) is 75.5 Å². The van der Waals surface area contributed by atoms with E-state index in [-0.39, 0.29) is 16.6 Å². The fourth-order valence-electron chi connectivity index (χ4n) is 6.74. The Kier molecular flexibility index (Phi) is 10.9. The summed E-state index contributed by atoms with van der Waals surface area (Å²) in [5.74, 6) is 1.68. The summed E-state index contributed by atoms with van der Waals surface area (Å²) in [6.45, 7) is 9.86. The SMILES string of the molecule is CCS[C@H]1O[C@@H]2CO[C@@H](c3ccccc3)O[C@H]2[C@H](O[Si](c2ccccc2)(c2ccccc2)C(C)(C)C)[C@@H]1OCc1ccc(OC)cc1. The molecule has 248 valence electrons. The van der Waals surface area contributed by atoms with Gasteiger partial charge in [-0.15, -0.1) is 11.8 Å². The van der Waals surface area contributed by atoms with Gasteiger partial charge in [0.25, 0.3) is 8.32 Å². The maximum absolute atomic E-state index is 7.90. The van der Waals surface area contributed by atoms with Crippen LogP contribution < -0.4 is 15.1 Å². The Morgan fingerprint density at radius 2 is 1.36 bits per heavy atom. The minimum absolute atomic E-state index is 0.235. The van der Waals surface area contributed by atoms with Crippen LogP contribution in [0.2, 0.25) is 5.04 Å². The van der Waals surface area contributed by atoms with Gasteiger partial charge in [-0.1, -0.05) is 131 Å². The number of thioether (sulfide) groups is 1. The number of rotatable bonds is 11. The number of benzene rings is 4. The van der Waals surface area contributed by atoms with Crippen molar-refractivity contribution in [3.05, 3.63) is 126 Å². The standard InChI is InChI=1S/C39H46O6SSi/c1-6-46-38-36(41-26-28-22-24-30(40-5)25-23-28)35(34-33(43-38)27-42-37(44-34)29-16-10-7-11-17-29)45-47(39(2,3)4,31-18-12-8-13-19-31)32-20-14-9-15-21-32/h7-25,33-38H,6,26-27H2,1-5H3/t33-,34-,35+,36+,37-,38-/m1/s1. The van der Waals surface area contributed by atoms with Gasteiger partial charge < -0.3 is 28.1 Å². The van der Waals surface area contributed by atoms with Crippen molar-refractivity contribution in [3.8, 4) is 5.75 Å². The zero-order valence-electron chi connectivity index (χ0n) is 27.9. The van der Waals surface area contributed by atoms with Crippen LogP contribution in [0.5, 0.6) is 5.75 Å². The molecule has 6 nitrogen and oxygen atoms in total. The van der Waals surface area contributed by atoms with Crippen LogP contribution in [0, 0.1) is 0 Å². The number of fused-ring (bicyclic) bond motifs is 1. The van der Waals surface area contributed by atoms with E-state index < -0.39 is 32.9 Å². The van der Waals surface area contributed by atoms with Gasteiger partial charge in [-0.2, -0.15) is 0 Å². The predicted molar refractivity (Wildman–Crippen MR) is 191 cm³/mol. The average molecular weight is 671 g/mol. The van der Waals surface area contributed by atoms with Crippen LogP contribution in [0.25, 0.3) is 0 Å². The lowest BCUT2D eigenvalue weighted by atomic mass is 9.98. The molecule has 6 atom stereocenters. The fraction of sp³-hybridized carbons (Fsp3) is 0.385. The first kappa shape index (κ1) is 33.9. The molecule has 2 saturated heterocycles. The molecule has 0 bridgehead atoms. The molecular formula is C39H46O6SSi. The van der Waals surface area contributed by atoms with Crippen LogP contribution in [0.3, 0.4) is 0 Å². The summed E-state index contributed by atoms with van der Waals surface area (Å²) < 4.78 is 40.2. The van der Waals surface area contributed by atoms with Crippen molar-refractivity contribution in [2.24, 2.45) is 0 Å². The molecule has 4 aromatic rings. The molecule has 0 saturated carbocycles. The van der Waals surface area contributed by atoms with E-state index in [4.69, 9.17) is 28.1 Å². The lowest BCUT2D eigenvalue weighted by Crippen LogP contribution is -2.72. The third-order valence-corrected chi connectivity index (χ3v) is 15.1. The van der Waals surface area contributed by atoms with Crippen molar-refractivity contribution in [2.75, 3.05) is 19.5 Å². The number of methoxy groups -OCH3 is 1. The van der Waals surface area contributed by atoms with Crippen molar-refractivity contribution in [1.29, 1.82) is 0 Å². The average Bonchev–Trinajstić information content (AvgIpc) is 3.10. The molecule has 2 fully saturated rings. The molecule has 0 spiro atoms. The molecular weight excluding hydrogens is 625 g/mol. The molecule has 0 aromatic heterocycles. The normalized spacial score (nSPS) is 24.8. The highest BCUT2D eigenvalue weighted by molar-refractivity contribution is 7.99. The van der Waals surface area contributed by atoms with Crippen molar-refractivity contribution < 1.29 is 28.1 Å². The Bertz CT molecular complexity index is 1490. The van der Waals surface area contributed by atoms with E-state index >= 15 is 0 Å². The van der Waals surface area contributed by atoms with Gasteiger partial charge in [0.1, 0.15) is 35.6 Å². The maximum Gasteiger partial charge on any atom is 0.261 e. The molecule has 0 N–H and O–H groups in total.